The molecule has 0 aromatic carbocycles. The number of aromatic nitrogens is 2. The monoisotopic (exact) mass is 212 g/mol. The topological polar surface area (TPSA) is 63.1 Å². The molecule has 5 heteroatoms. The van der Waals surface area contributed by atoms with E-state index in [1.165, 1.54) is 6.07 Å². The Morgan fingerprint density at radius 2 is 2.29 bits per heavy atom. The molecule has 4 nitrogen and oxygen atoms in total. The van der Waals surface area contributed by atoms with Crippen molar-refractivity contribution in [3.8, 4) is 0 Å². The largest absolute Gasteiger partial charge is 0.476 e. The molecule has 1 N–H and O–H groups in total. The van der Waals surface area contributed by atoms with Crippen LogP contribution in [-0.4, -0.2) is 26.5 Å². The molecule has 0 saturated heterocycles. The molecule has 1 rings (SSSR count). The van der Waals surface area contributed by atoms with E-state index >= 15 is 0 Å². The summed E-state index contributed by atoms with van der Waals surface area (Å²) in [5.74, 6) is -1.04. The van der Waals surface area contributed by atoms with Crippen LogP contribution in [0.2, 0.25) is 0 Å². The highest BCUT2D eigenvalue weighted by molar-refractivity contribution is 7.99. The number of carbonyl (C=O) groups is 1. The zero-order chi connectivity index (χ0) is 10.6. The van der Waals surface area contributed by atoms with Crippen LogP contribution in [0, 0.1) is 0 Å². The van der Waals surface area contributed by atoms with Crippen LogP contribution in [0.4, 0.5) is 0 Å². The second-order valence-electron chi connectivity index (χ2n) is 2.90. The molecule has 0 bridgehead atoms. The first-order chi connectivity index (χ1) is 6.63. The first-order valence-electron chi connectivity index (χ1n) is 4.37. The molecule has 0 saturated carbocycles. The third-order valence-corrected chi connectivity index (χ3v) is 2.95. The standard InChI is InChI=1S/C9H12N2O2S/c1-3-6(2)14-8-5-4-7(9(12)13)10-11-8/h4-6H,3H2,1-2H3,(H,12,13). The first kappa shape index (κ1) is 11.0. The normalized spacial score (nSPS) is 12.4. The van der Waals surface area contributed by atoms with E-state index in [2.05, 4.69) is 24.0 Å². The van der Waals surface area contributed by atoms with Crippen molar-refractivity contribution in [2.24, 2.45) is 0 Å². The maximum atomic E-state index is 10.5. The highest BCUT2D eigenvalue weighted by Gasteiger charge is 2.07. The van der Waals surface area contributed by atoms with E-state index in [-0.39, 0.29) is 5.69 Å². The van der Waals surface area contributed by atoms with Crippen molar-refractivity contribution in [3.05, 3.63) is 17.8 Å². The minimum atomic E-state index is -1.04. The molecule has 0 spiro atoms. The first-order valence-corrected chi connectivity index (χ1v) is 5.25. The van der Waals surface area contributed by atoms with Crippen LogP contribution in [0.5, 0.6) is 0 Å². The highest BCUT2D eigenvalue weighted by Crippen LogP contribution is 2.21. The lowest BCUT2D eigenvalue weighted by Crippen LogP contribution is -2.02. The molecule has 1 aromatic heterocycles. The maximum Gasteiger partial charge on any atom is 0.356 e. The van der Waals surface area contributed by atoms with Crippen molar-refractivity contribution in [3.63, 3.8) is 0 Å². The van der Waals surface area contributed by atoms with Crippen LogP contribution in [-0.2, 0) is 0 Å². The van der Waals surface area contributed by atoms with Gasteiger partial charge in [-0.15, -0.1) is 22.0 Å². The van der Waals surface area contributed by atoms with Gasteiger partial charge in [0.15, 0.2) is 5.69 Å². The fourth-order valence-electron chi connectivity index (χ4n) is 0.786. The molecular weight excluding hydrogens is 200 g/mol. The van der Waals surface area contributed by atoms with Gasteiger partial charge in [-0.05, 0) is 18.6 Å². The summed E-state index contributed by atoms with van der Waals surface area (Å²) < 4.78 is 0. The SMILES string of the molecule is CCC(C)Sc1ccc(C(=O)O)nn1. The number of hydrogen-bond acceptors (Lipinski definition) is 4. The molecule has 0 radical (unpaired) electrons. The second kappa shape index (κ2) is 4.95. The van der Waals surface area contributed by atoms with Gasteiger partial charge in [-0.1, -0.05) is 13.8 Å². The van der Waals surface area contributed by atoms with Crippen molar-refractivity contribution < 1.29 is 9.90 Å². The Kier molecular flexibility index (Phi) is 3.88. The number of carboxylic acids is 1. The van der Waals surface area contributed by atoms with Crippen molar-refractivity contribution >= 4 is 17.7 Å². The smallest absolute Gasteiger partial charge is 0.356 e. The zero-order valence-electron chi connectivity index (χ0n) is 8.10. The van der Waals surface area contributed by atoms with E-state index in [0.717, 1.165) is 11.4 Å². The average Bonchev–Trinajstić information content (AvgIpc) is 2.18. The summed E-state index contributed by atoms with van der Waals surface area (Å²) in [5, 5.41) is 17.2. The summed E-state index contributed by atoms with van der Waals surface area (Å²) >= 11 is 1.60. The van der Waals surface area contributed by atoms with E-state index in [9.17, 15) is 4.79 Å². The number of thioether (sulfide) groups is 1. The minimum Gasteiger partial charge on any atom is -0.476 e. The van der Waals surface area contributed by atoms with Crippen LogP contribution in [0.3, 0.4) is 0 Å². The lowest BCUT2D eigenvalue weighted by Gasteiger charge is -2.05. The molecule has 0 fully saturated rings. The Bertz CT molecular complexity index is 313. The van der Waals surface area contributed by atoms with Gasteiger partial charge in [-0.25, -0.2) is 4.79 Å². The molecule has 0 aliphatic carbocycles. The van der Waals surface area contributed by atoms with E-state index in [0.29, 0.717) is 5.25 Å². The summed E-state index contributed by atoms with van der Waals surface area (Å²) in [4.78, 5) is 10.5. The summed E-state index contributed by atoms with van der Waals surface area (Å²) in [6.45, 7) is 4.19. The van der Waals surface area contributed by atoms with Crippen LogP contribution in [0.15, 0.2) is 17.2 Å². The van der Waals surface area contributed by atoms with Crippen molar-refractivity contribution in [1.29, 1.82) is 0 Å². The van der Waals surface area contributed by atoms with E-state index in [1.54, 1.807) is 17.8 Å². The van der Waals surface area contributed by atoms with Crippen molar-refractivity contribution in [2.45, 2.75) is 30.5 Å². The van der Waals surface area contributed by atoms with Gasteiger partial charge >= 0.3 is 5.97 Å². The van der Waals surface area contributed by atoms with Gasteiger partial charge in [0.1, 0.15) is 5.03 Å². The quantitative estimate of drug-likeness (QED) is 0.774. The van der Waals surface area contributed by atoms with Gasteiger partial charge in [0.05, 0.1) is 0 Å². The molecule has 0 amide bonds. The number of aromatic carboxylic acids is 1. The third kappa shape index (κ3) is 2.99. The van der Waals surface area contributed by atoms with Crippen LogP contribution in [0.1, 0.15) is 30.8 Å². The van der Waals surface area contributed by atoms with E-state index < -0.39 is 5.97 Å². The Hall–Kier alpha value is -1.10. The van der Waals surface area contributed by atoms with Crippen molar-refractivity contribution in [2.75, 3.05) is 0 Å². The zero-order valence-corrected chi connectivity index (χ0v) is 8.91. The molecule has 0 aliphatic heterocycles. The van der Waals surface area contributed by atoms with Crippen molar-refractivity contribution in [1.82, 2.24) is 10.2 Å². The Balaban J connectivity index is 2.68. The van der Waals surface area contributed by atoms with E-state index in [1.807, 2.05) is 0 Å². The Morgan fingerprint density at radius 3 is 2.71 bits per heavy atom. The van der Waals surface area contributed by atoms with Gasteiger partial charge < -0.3 is 5.11 Å². The predicted octanol–water partition coefficient (Wildman–Crippen LogP) is 2.07. The summed E-state index contributed by atoms with van der Waals surface area (Å²) in [6.07, 6.45) is 1.05. The lowest BCUT2D eigenvalue weighted by atomic mass is 10.4. The number of nitrogens with zero attached hydrogens (tertiary/aromatic N) is 2. The van der Waals surface area contributed by atoms with Gasteiger partial charge in [0.2, 0.25) is 0 Å². The van der Waals surface area contributed by atoms with Crippen LogP contribution < -0.4 is 0 Å². The number of rotatable bonds is 4. The summed E-state index contributed by atoms with van der Waals surface area (Å²) in [6, 6.07) is 3.16. The third-order valence-electron chi connectivity index (χ3n) is 1.76. The predicted molar refractivity (Wildman–Crippen MR) is 54.6 cm³/mol. The van der Waals surface area contributed by atoms with Gasteiger partial charge in [0, 0.05) is 5.25 Å². The van der Waals surface area contributed by atoms with Gasteiger partial charge in [0.25, 0.3) is 0 Å². The van der Waals surface area contributed by atoms with Crippen LogP contribution >= 0.6 is 11.8 Å². The Labute approximate surface area is 86.7 Å². The lowest BCUT2D eigenvalue weighted by molar-refractivity contribution is 0.0689. The van der Waals surface area contributed by atoms with Gasteiger partial charge in [-0.2, -0.15) is 0 Å². The minimum absolute atomic E-state index is 0.0153. The summed E-state index contributed by atoms with van der Waals surface area (Å²) in [7, 11) is 0. The molecule has 1 unspecified atom stereocenters. The summed E-state index contributed by atoms with van der Waals surface area (Å²) in [5.41, 5.74) is -0.0153. The number of carboxylic acid groups (broad SMARTS) is 1. The fourth-order valence-corrected chi connectivity index (χ4v) is 1.60. The van der Waals surface area contributed by atoms with Crippen LogP contribution in [0.25, 0.3) is 0 Å². The molecular formula is C9H12N2O2S. The molecule has 0 aliphatic rings. The molecule has 1 heterocycles. The average molecular weight is 212 g/mol. The molecule has 1 atom stereocenters. The molecule has 1 aromatic rings. The molecule has 76 valence electrons. The highest BCUT2D eigenvalue weighted by atomic mass is 32.2. The van der Waals surface area contributed by atoms with Gasteiger partial charge in [-0.3, -0.25) is 0 Å². The maximum absolute atomic E-state index is 10.5. The van der Waals surface area contributed by atoms with E-state index in [4.69, 9.17) is 5.11 Å². The fraction of sp³-hybridized carbons (Fsp3) is 0.444. The number of hydrogen-bond donors (Lipinski definition) is 1. The molecule has 14 heavy (non-hydrogen) atoms. The second-order valence-corrected chi connectivity index (χ2v) is 4.36. The Morgan fingerprint density at radius 1 is 1.57 bits per heavy atom.